The molecule has 1 heterocycles. The lowest BCUT2D eigenvalue weighted by Crippen LogP contribution is -2.34. The number of hydrogen-bond acceptors (Lipinski definition) is 3. The molecular formula is C22H24N2O3. The number of aryl methyl sites for hydroxylation is 2. The number of rotatable bonds is 5. The Balaban J connectivity index is 2.18. The molecule has 0 fully saturated rings. The third-order valence-electron chi connectivity index (χ3n) is 4.36. The van der Waals surface area contributed by atoms with Crippen LogP contribution in [0.4, 0.5) is 0 Å². The lowest BCUT2D eigenvalue weighted by atomic mass is 10.1. The van der Waals surface area contributed by atoms with E-state index in [1.54, 1.807) is 0 Å². The van der Waals surface area contributed by atoms with E-state index in [0.717, 1.165) is 16.7 Å². The van der Waals surface area contributed by atoms with E-state index >= 15 is 0 Å². The highest BCUT2D eigenvalue weighted by molar-refractivity contribution is 5.38. The van der Waals surface area contributed by atoms with Crippen molar-refractivity contribution in [2.45, 2.75) is 40.2 Å². The topological polar surface area (TPSA) is 64.1 Å². The van der Waals surface area contributed by atoms with Gasteiger partial charge >= 0.3 is 5.69 Å². The van der Waals surface area contributed by atoms with E-state index in [1.807, 2.05) is 76.2 Å². The maximum Gasteiger partial charge on any atom is 0.331 e. The highest BCUT2D eigenvalue weighted by Gasteiger charge is 2.20. The van der Waals surface area contributed by atoms with Gasteiger partial charge in [0.25, 0.3) is 5.56 Å². The van der Waals surface area contributed by atoms with Gasteiger partial charge in [0.05, 0.1) is 12.1 Å². The zero-order valence-electron chi connectivity index (χ0n) is 16.1. The van der Waals surface area contributed by atoms with Crippen molar-refractivity contribution in [1.82, 2.24) is 9.55 Å². The van der Waals surface area contributed by atoms with Crippen molar-refractivity contribution >= 4 is 0 Å². The molecule has 0 bridgehead atoms. The molecule has 0 unspecified atom stereocenters. The summed E-state index contributed by atoms with van der Waals surface area (Å²) in [4.78, 5) is 27.5. The first kappa shape index (κ1) is 18.7. The summed E-state index contributed by atoms with van der Waals surface area (Å²) < 4.78 is 7.63. The minimum absolute atomic E-state index is 0.0997. The van der Waals surface area contributed by atoms with Gasteiger partial charge in [-0.05, 0) is 48.6 Å². The Morgan fingerprint density at radius 1 is 1.00 bits per heavy atom. The van der Waals surface area contributed by atoms with Crippen LogP contribution in [0.1, 0.15) is 42.0 Å². The third-order valence-corrected chi connectivity index (χ3v) is 4.36. The third kappa shape index (κ3) is 4.19. The molecule has 27 heavy (non-hydrogen) atoms. The Morgan fingerprint density at radius 3 is 2.22 bits per heavy atom. The first-order valence-corrected chi connectivity index (χ1v) is 9.02. The Kier molecular flexibility index (Phi) is 5.31. The Morgan fingerprint density at radius 2 is 1.63 bits per heavy atom. The molecular weight excluding hydrogens is 340 g/mol. The monoisotopic (exact) mass is 364 g/mol. The first-order valence-electron chi connectivity index (χ1n) is 9.02. The van der Waals surface area contributed by atoms with E-state index in [1.165, 1.54) is 4.57 Å². The molecule has 3 rings (SSSR count). The van der Waals surface area contributed by atoms with E-state index in [0.29, 0.717) is 23.7 Å². The second-order valence-electron chi connectivity index (χ2n) is 7.13. The number of ether oxygens (including phenoxy) is 1. The van der Waals surface area contributed by atoms with Gasteiger partial charge in [-0.1, -0.05) is 50.2 Å². The van der Waals surface area contributed by atoms with Crippen LogP contribution in [0.15, 0.2) is 58.1 Å². The van der Waals surface area contributed by atoms with Gasteiger partial charge in [0.1, 0.15) is 5.75 Å². The lowest BCUT2D eigenvalue weighted by Gasteiger charge is -2.19. The highest BCUT2D eigenvalue weighted by Crippen LogP contribution is 2.28. The van der Waals surface area contributed by atoms with Crippen molar-refractivity contribution in [2.75, 3.05) is 0 Å². The van der Waals surface area contributed by atoms with E-state index in [9.17, 15) is 9.59 Å². The second-order valence-corrected chi connectivity index (χ2v) is 7.13. The van der Waals surface area contributed by atoms with Crippen LogP contribution in [0, 0.1) is 13.8 Å². The van der Waals surface area contributed by atoms with Gasteiger partial charge in [-0.25, -0.2) is 4.79 Å². The lowest BCUT2D eigenvalue weighted by molar-refractivity contribution is 0.410. The van der Waals surface area contributed by atoms with Crippen LogP contribution in [-0.4, -0.2) is 9.55 Å². The highest BCUT2D eigenvalue weighted by atomic mass is 16.5. The zero-order valence-corrected chi connectivity index (χ0v) is 16.1. The van der Waals surface area contributed by atoms with Crippen LogP contribution in [0.3, 0.4) is 0 Å². The summed E-state index contributed by atoms with van der Waals surface area (Å²) >= 11 is 0. The molecule has 5 nitrogen and oxygen atoms in total. The molecule has 0 saturated heterocycles. The van der Waals surface area contributed by atoms with Crippen molar-refractivity contribution in [2.24, 2.45) is 0 Å². The minimum Gasteiger partial charge on any atom is -0.440 e. The Hall–Kier alpha value is -3.08. The van der Waals surface area contributed by atoms with Crippen LogP contribution in [0.25, 0.3) is 0 Å². The fourth-order valence-electron chi connectivity index (χ4n) is 3.20. The number of aromatic amines is 1. The average molecular weight is 364 g/mol. The number of nitrogens with zero attached hydrogens (tertiary/aromatic N) is 1. The summed E-state index contributed by atoms with van der Waals surface area (Å²) in [6, 6.07) is 15.5. The molecule has 1 aromatic heterocycles. The normalized spacial score (nSPS) is 11.0. The predicted molar refractivity (Wildman–Crippen MR) is 107 cm³/mol. The standard InChI is InChI=1S/C22H24N2O3/c1-14(2)19-20(25)23-22(26)24(13-17-8-6-5-7-9-17)21(19)27-18-11-15(3)10-16(4)12-18/h5-12,14H,13H2,1-4H3,(H,23,25,26). The average Bonchev–Trinajstić information content (AvgIpc) is 2.58. The van der Waals surface area contributed by atoms with E-state index in [4.69, 9.17) is 4.74 Å². The summed E-state index contributed by atoms with van der Waals surface area (Å²) in [6.45, 7) is 8.11. The van der Waals surface area contributed by atoms with Crippen molar-refractivity contribution in [3.63, 3.8) is 0 Å². The second kappa shape index (κ2) is 7.66. The summed E-state index contributed by atoms with van der Waals surface area (Å²) in [5, 5.41) is 0. The van der Waals surface area contributed by atoms with Crippen molar-refractivity contribution < 1.29 is 4.74 Å². The molecule has 0 aliphatic heterocycles. The van der Waals surface area contributed by atoms with Crippen LogP contribution >= 0.6 is 0 Å². The van der Waals surface area contributed by atoms with Crippen molar-refractivity contribution in [1.29, 1.82) is 0 Å². The van der Waals surface area contributed by atoms with Crippen LogP contribution in [0.5, 0.6) is 11.6 Å². The minimum atomic E-state index is -0.479. The van der Waals surface area contributed by atoms with Crippen LogP contribution in [-0.2, 0) is 6.54 Å². The maximum atomic E-state index is 12.6. The number of hydrogen-bond donors (Lipinski definition) is 1. The van der Waals surface area contributed by atoms with Gasteiger partial charge in [0.15, 0.2) is 0 Å². The number of H-pyrrole nitrogens is 1. The zero-order chi connectivity index (χ0) is 19.6. The molecule has 5 heteroatoms. The number of nitrogens with one attached hydrogen (secondary N) is 1. The molecule has 2 aromatic carbocycles. The molecule has 0 saturated carbocycles. The quantitative estimate of drug-likeness (QED) is 0.741. The van der Waals surface area contributed by atoms with Crippen LogP contribution in [0.2, 0.25) is 0 Å². The largest absolute Gasteiger partial charge is 0.440 e. The molecule has 140 valence electrons. The molecule has 1 N–H and O–H groups in total. The van der Waals surface area contributed by atoms with Gasteiger partial charge < -0.3 is 4.74 Å². The molecule has 0 radical (unpaired) electrons. The Bertz CT molecular complexity index is 1040. The number of aromatic nitrogens is 2. The SMILES string of the molecule is Cc1cc(C)cc(Oc2c(C(C)C)c(=O)[nH]c(=O)n2Cc2ccccc2)c1. The molecule has 0 aliphatic carbocycles. The van der Waals surface area contributed by atoms with E-state index in [-0.39, 0.29) is 5.92 Å². The fourth-order valence-corrected chi connectivity index (χ4v) is 3.20. The molecule has 0 aliphatic rings. The smallest absolute Gasteiger partial charge is 0.331 e. The van der Waals surface area contributed by atoms with Gasteiger partial charge in [0, 0.05) is 0 Å². The summed E-state index contributed by atoms with van der Waals surface area (Å²) in [5.41, 5.74) is 2.64. The van der Waals surface area contributed by atoms with E-state index in [2.05, 4.69) is 4.98 Å². The van der Waals surface area contributed by atoms with Gasteiger partial charge in [-0.2, -0.15) is 0 Å². The number of benzene rings is 2. The first-order chi connectivity index (χ1) is 12.8. The molecule has 0 spiro atoms. The predicted octanol–water partition coefficient (Wildman–Crippen LogP) is 4.12. The summed E-state index contributed by atoms with van der Waals surface area (Å²) in [7, 11) is 0. The Labute approximate surface area is 158 Å². The van der Waals surface area contributed by atoms with Crippen molar-refractivity contribution in [3.05, 3.63) is 91.6 Å². The van der Waals surface area contributed by atoms with Crippen LogP contribution < -0.4 is 16.0 Å². The molecule has 0 atom stereocenters. The van der Waals surface area contributed by atoms with Gasteiger partial charge in [-0.3, -0.25) is 14.3 Å². The summed E-state index contributed by atoms with van der Waals surface area (Å²) in [5.74, 6) is 0.811. The molecule has 3 aromatic rings. The van der Waals surface area contributed by atoms with E-state index < -0.39 is 11.2 Å². The van der Waals surface area contributed by atoms with Gasteiger partial charge in [-0.15, -0.1) is 0 Å². The van der Waals surface area contributed by atoms with Gasteiger partial charge in [0.2, 0.25) is 5.88 Å². The van der Waals surface area contributed by atoms with Crippen molar-refractivity contribution in [3.8, 4) is 11.6 Å². The fraction of sp³-hybridized carbons (Fsp3) is 0.273. The maximum absolute atomic E-state index is 12.6. The summed E-state index contributed by atoms with van der Waals surface area (Å²) in [6.07, 6.45) is 0. The molecule has 0 amide bonds.